The molecule has 1 aromatic heterocycles. The maximum Gasteiger partial charge on any atom is 0.224 e. The summed E-state index contributed by atoms with van der Waals surface area (Å²) in [5, 5.41) is 17.2. The summed E-state index contributed by atoms with van der Waals surface area (Å²) < 4.78 is 32.5. The minimum absolute atomic E-state index is 0.145. The van der Waals surface area contributed by atoms with Crippen molar-refractivity contribution in [2.75, 3.05) is 19.0 Å². The predicted molar refractivity (Wildman–Crippen MR) is 115 cm³/mol. The number of anilines is 1. The van der Waals surface area contributed by atoms with Gasteiger partial charge >= 0.3 is 0 Å². The van der Waals surface area contributed by atoms with E-state index in [0.717, 1.165) is 17.4 Å². The van der Waals surface area contributed by atoms with Crippen LogP contribution in [0.5, 0.6) is 5.75 Å². The molecule has 2 aromatic carbocycles. The van der Waals surface area contributed by atoms with Crippen molar-refractivity contribution in [1.82, 2.24) is 15.3 Å². The van der Waals surface area contributed by atoms with E-state index in [2.05, 4.69) is 20.6 Å². The highest BCUT2D eigenvalue weighted by Gasteiger charge is 2.21. The molecule has 3 aromatic rings. The van der Waals surface area contributed by atoms with Crippen LogP contribution in [0.1, 0.15) is 11.1 Å². The summed E-state index contributed by atoms with van der Waals surface area (Å²) in [7, 11) is 1.60. The molecule has 3 rings (SSSR count). The van der Waals surface area contributed by atoms with Crippen molar-refractivity contribution in [2.45, 2.75) is 25.1 Å². The van der Waals surface area contributed by atoms with Crippen molar-refractivity contribution in [2.24, 2.45) is 0 Å². The van der Waals surface area contributed by atoms with Gasteiger partial charge in [-0.3, -0.25) is 0 Å². The molecular formula is C22H23ClF2N4O2. The first-order valence-electron chi connectivity index (χ1n) is 9.64. The number of aliphatic hydroxyl groups is 1. The van der Waals surface area contributed by atoms with Crippen LogP contribution in [0.2, 0.25) is 5.15 Å². The van der Waals surface area contributed by atoms with E-state index in [1.807, 2.05) is 24.3 Å². The van der Waals surface area contributed by atoms with E-state index in [-0.39, 0.29) is 24.1 Å². The first-order chi connectivity index (χ1) is 14.9. The maximum absolute atomic E-state index is 13.6. The molecule has 0 aliphatic heterocycles. The van der Waals surface area contributed by atoms with Crippen molar-refractivity contribution in [1.29, 1.82) is 0 Å². The van der Waals surface area contributed by atoms with Crippen molar-refractivity contribution < 1.29 is 18.6 Å². The molecule has 0 amide bonds. The Balaban J connectivity index is 1.69. The molecule has 0 fully saturated rings. The zero-order valence-corrected chi connectivity index (χ0v) is 17.6. The molecule has 0 bridgehead atoms. The predicted octanol–water partition coefficient (Wildman–Crippen LogP) is 3.59. The van der Waals surface area contributed by atoms with Gasteiger partial charge in [0, 0.05) is 25.4 Å². The van der Waals surface area contributed by atoms with Crippen LogP contribution < -0.4 is 15.4 Å². The fourth-order valence-corrected chi connectivity index (χ4v) is 3.26. The lowest BCUT2D eigenvalue weighted by Crippen LogP contribution is -2.42. The van der Waals surface area contributed by atoms with E-state index in [1.165, 1.54) is 24.4 Å². The highest BCUT2D eigenvalue weighted by molar-refractivity contribution is 6.29. The third-order valence-electron chi connectivity index (χ3n) is 4.60. The molecule has 3 N–H and O–H groups in total. The first kappa shape index (κ1) is 22.9. The van der Waals surface area contributed by atoms with Crippen molar-refractivity contribution in [3.63, 3.8) is 0 Å². The minimum atomic E-state index is -0.917. The molecule has 0 saturated heterocycles. The van der Waals surface area contributed by atoms with Crippen molar-refractivity contribution in [3.05, 3.63) is 82.6 Å². The monoisotopic (exact) mass is 448 g/mol. The van der Waals surface area contributed by atoms with E-state index < -0.39 is 23.8 Å². The van der Waals surface area contributed by atoms with E-state index >= 15 is 0 Å². The summed E-state index contributed by atoms with van der Waals surface area (Å²) in [6, 6.07) is 11.7. The summed E-state index contributed by atoms with van der Waals surface area (Å²) in [6.45, 7) is 0.719. The number of halogens is 3. The number of aliphatic hydroxyl groups excluding tert-OH is 1. The Morgan fingerprint density at radius 2 is 1.87 bits per heavy atom. The SMILES string of the molecule is COc1cccc(CNCC(O)C(Cc2cc(F)cc(F)c2)Nc2nccc(Cl)n2)c1. The molecule has 2 unspecified atom stereocenters. The average molecular weight is 449 g/mol. The number of nitrogens with zero attached hydrogens (tertiary/aromatic N) is 2. The second-order valence-electron chi connectivity index (χ2n) is 6.99. The quantitative estimate of drug-likeness (QED) is 0.411. The van der Waals surface area contributed by atoms with Crippen LogP contribution in [-0.2, 0) is 13.0 Å². The summed E-state index contributed by atoms with van der Waals surface area (Å²) in [5.41, 5.74) is 1.38. The van der Waals surface area contributed by atoms with Gasteiger partial charge in [0.05, 0.1) is 19.3 Å². The Kier molecular flexibility index (Phi) is 8.11. The van der Waals surface area contributed by atoms with E-state index in [0.29, 0.717) is 12.1 Å². The first-order valence-corrected chi connectivity index (χ1v) is 10.0. The Bertz CT molecular complexity index is 988. The third-order valence-corrected chi connectivity index (χ3v) is 4.81. The van der Waals surface area contributed by atoms with Crippen LogP contribution in [-0.4, -0.2) is 40.9 Å². The molecule has 0 aliphatic rings. The molecule has 2 atom stereocenters. The molecule has 0 spiro atoms. The van der Waals surface area contributed by atoms with Gasteiger partial charge in [-0.25, -0.2) is 18.7 Å². The standard InChI is InChI=1S/C22H23ClF2N4O2/c1-31-18-4-2-3-14(9-18)12-26-13-20(30)19(28-22-27-6-5-21(23)29-22)10-15-7-16(24)11-17(25)8-15/h2-9,11,19-20,26,30H,10,12-13H2,1H3,(H,27,28,29). The zero-order valence-electron chi connectivity index (χ0n) is 16.9. The molecule has 9 heteroatoms. The Morgan fingerprint density at radius 3 is 2.58 bits per heavy atom. The van der Waals surface area contributed by atoms with Crippen LogP contribution in [0.25, 0.3) is 0 Å². The molecule has 6 nitrogen and oxygen atoms in total. The van der Waals surface area contributed by atoms with Gasteiger partial charge in [-0.15, -0.1) is 0 Å². The molecular weight excluding hydrogens is 426 g/mol. The number of ether oxygens (including phenoxy) is 1. The van der Waals surface area contributed by atoms with Crippen LogP contribution in [0, 0.1) is 11.6 Å². The molecule has 1 heterocycles. The fourth-order valence-electron chi connectivity index (χ4n) is 3.13. The maximum atomic E-state index is 13.6. The lowest BCUT2D eigenvalue weighted by molar-refractivity contribution is 0.148. The number of methoxy groups -OCH3 is 1. The fraction of sp³-hybridized carbons (Fsp3) is 0.273. The number of benzene rings is 2. The van der Waals surface area contributed by atoms with Gasteiger partial charge in [-0.1, -0.05) is 23.7 Å². The zero-order chi connectivity index (χ0) is 22.2. The van der Waals surface area contributed by atoms with Crippen molar-refractivity contribution in [3.8, 4) is 5.75 Å². The number of nitrogens with one attached hydrogen (secondary N) is 2. The smallest absolute Gasteiger partial charge is 0.224 e. The molecule has 0 saturated carbocycles. The van der Waals surface area contributed by atoms with Crippen molar-refractivity contribution >= 4 is 17.5 Å². The normalized spacial score (nSPS) is 12.9. The minimum Gasteiger partial charge on any atom is -0.497 e. The number of hydrogen-bond acceptors (Lipinski definition) is 6. The summed E-state index contributed by atoms with van der Waals surface area (Å²) >= 11 is 5.91. The molecule has 164 valence electrons. The topological polar surface area (TPSA) is 79.3 Å². The van der Waals surface area contributed by atoms with Gasteiger partial charge in [0.15, 0.2) is 0 Å². The van der Waals surface area contributed by atoms with Gasteiger partial charge in [-0.2, -0.15) is 0 Å². The highest BCUT2D eigenvalue weighted by Crippen LogP contribution is 2.16. The van der Waals surface area contributed by atoms with Gasteiger partial charge in [-0.05, 0) is 47.9 Å². The average Bonchev–Trinajstić information content (AvgIpc) is 2.72. The second kappa shape index (κ2) is 11.0. The number of aromatic nitrogens is 2. The Labute approximate surface area is 184 Å². The highest BCUT2D eigenvalue weighted by atomic mass is 35.5. The van der Waals surface area contributed by atoms with Gasteiger partial charge in [0.25, 0.3) is 0 Å². The van der Waals surface area contributed by atoms with Crippen LogP contribution in [0.15, 0.2) is 54.7 Å². The summed E-state index contributed by atoms with van der Waals surface area (Å²) in [5.74, 6) is -0.413. The van der Waals surface area contributed by atoms with Gasteiger partial charge in [0.1, 0.15) is 22.5 Å². The summed E-state index contributed by atoms with van der Waals surface area (Å²) in [6.07, 6.45) is 0.704. The molecule has 0 radical (unpaired) electrons. The van der Waals surface area contributed by atoms with Crippen LogP contribution >= 0.6 is 11.6 Å². The van der Waals surface area contributed by atoms with Crippen LogP contribution in [0.4, 0.5) is 14.7 Å². The van der Waals surface area contributed by atoms with Gasteiger partial charge in [0.2, 0.25) is 5.95 Å². The van der Waals surface area contributed by atoms with E-state index in [9.17, 15) is 13.9 Å². The summed E-state index contributed by atoms with van der Waals surface area (Å²) in [4.78, 5) is 8.15. The van der Waals surface area contributed by atoms with Crippen LogP contribution in [0.3, 0.4) is 0 Å². The van der Waals surface area contributed by atoms with E-state index in [1.54, 1.807) is 7.11 Å². The molecule has 31 heavy (non-hydrogen) atoms. The number of rotatable bonds is 10. The Morgan fingerprint density at radius 1 is 1.10 bits per heavy atom. The lowest BCUT2D eigenvalue weighted by atomic mass is 10.0. The second-order valence-corrected chi connectivity index (χ2v) is 7.37. The Hall–Kier alpha value is -2.81. The number of hydrogen-bond donors (Lipinski definition) is 3. The largest absolute Gasteiger partial charge is 0.497 e. The third kappa shape index (κ3) is 7.13. The lowest BCUT2D eigenvalue weighted by Gasteiger charge is -2.25. The van der Waals surface area contributed by atoms with Gasteiger partial charge < -0.3 is 20.5 Å². The molecule has 0 aliphatic carbocycles. The van der Waals surface area contributed by atoms with E-state index in [4.69, 9.17) is 16.3 Å².